The number of guanidine groups is 1. The Morgan fingerprint density at radius 3 is 2.69 bits per heavy atom. The van der Waals surface area contributed by atoms with Gasteiger partial charge in [-0.25, -0.2) is 9.67 Å². The summed E-state index contributed by atoms with van der Waals surface area (Å²) in [5.74, 6) is 0.644. The number of nitrogens with zero attached hydrogens (tertiary/aromatic N) is 5. The third-order valence-corrected chi connectivity index (χ3v) is 5.02. The molecule has 154 valence electrons. The normalized spacial score (nSPS) is 12.2. The standard InChI is InChI=1S/C19H21F3N6S/c1-23-18(24-9-8-17-26-16(13-29-17)19(20,21)22)27(2)11-14-10-25-28(12-14)15-6-4-3-5-7-15/h3-7,10,12-13H,8-9,11H2,1-2H3,(H,23,24). The number of benzene rings is 1. The highest BCUT2D eigenvalue weighted by atomic mass is 32.1. The topological polar surface area (TPSA) is 58.3 Å². The minimum Gasteiger partial charge on any atom is -0.356 e. The largest absolute Gasteiger partial charge is 0.434 e. The molecular weight excluding hydrogens is 401 g/mol. The SMILES string of the molecule is CN=C(NCCc1nc(C(F)(F)F)cs1)N(C)Cc1cnn(-c2ccccc2)c1. The van der Waals surface area contributed by atoms with Crippen LogP contribution in [0.15, 0.2) is 53.1 Å². The van der Waals surface area contributed by atoms with Gasteiger partial charge >= 0.3 is 6.18 Å². The number of hydrogen-bond acceptors (Lipinski definition) is 4. The monoisotopic (exact) mass is 422 g/mol. The lowest BCUT2D eigenvalue weighted by Crippen LogP contribution is -2.39. The molecule has 2 heterocycles. The van der Waals surface area contributed by atoms with Crippen molar-refractivity contribution < 1.29 is 13.2 Å². The van der Waals surface area contributed by atoms with Crippen LogP contribution in [0.4, 0.5) is 13.2 Å². The van der Waals surface area contributed by atoms with Crippen LogP contribution in [-0.4, -0.2) is 46.3 Å². The van der Waals surface area contributed by atoms with Crippen LogP contribution >= 0.6 is 11.3 Å². The van der Waals surface area contributed by atoms with Gasteiger partial charge in [0.2, 0.25) is 0 Å². The third-order valence-electron chi connectivity index (χ3n) is 4.11. The Bertz CT molecular complexity index is 948. The summed E-state index contributed by atoms with van der Waals surface area (Å²) in [4.78, 5) is 9.80. The lowest BCUT2D eigenvalue weighted by Gasteiger charge is -2.21. The number of rotatable bonds is 6. The smallest absolute Gasteiger partial charge is 0.356 e. The third kappa shape index (κ3) is 5.57. The maximum Gasteiger partial charge on any atom is 0.434 e. The average Bonchev–Trinajstić information content (AvgIpc) is 3.35. The van der Waals surface area contributed by atoms with E-state index in [9.17, 15) is 13.2 Å². The summed E-state index contributed by atoms with van der Waals surface area (Å²) in [6.07, 6.45) is -0.263. The minimum atomic E-state index is -4.40. The minimum absolute atomic E-state index is 0.388. The maximum absolute atomic E-state index is 12.6. The molecule has 6 nitrogen and oxygen atoms in total. The van der Waals surface area contributed by atoms with E-state index in [1.54, 1.807) is 17.9 Å². The highest BCUT2D eigenvalue weighted by Gasteiger charge is 2.33. The van der Waals surface area contributed by atoms with Crippen LogP contribution in [0.5, 0.6) is 0 Å². The Labute approximate surface area is 170 Å². The first-order valence-corrected chi connectivity index (χ1v) is 9.77. The van der Waals surface area contributed by atoms with Gasteiger partial charge in [0.1, 0.15) is 0 Å². The highest BCUT2D eigenvalue weighted by molar-refractivity contribution is 7.09. The fourth-order valence-electron chi connectivity index (χ4n) is 2.73. The van der Waals surface area contributed by atoms with Gasteiger partial charge in [0.25, 0.3) is 0 Å². The van der Waals surface area contributed by atoms with Crippen molar-refractivity contribution in [1.29, 1.82) is 0 Å². The highest BCUT2D eigenvalue weighted by Crippen LogP contribution is 2.30. The van der Waals surface area contributed by atoms with E-state index >= 15 is 0 Å². The van der Waals surface area contributed by atoms with Crippen molar-refractivity contribution in [3.8, 4) is 5.69 Å². The quantitative estimate of drug-likeness (QED) is 0.487. The van der Waals surface area contributed by atoms with Crippen LogP contribution in [0.1, 0.15) is 16.3 Å². The van der Waals surface area contributed by atoms with Gasteiger partial charge in [-0.15, -0.1) is 11.3 Å². The summed E-state index contributed by atoms with van der Waals surface area (Å²) in [7, 11) is 3.55. The number of aromatic nitrogens is 3. The van der Waals surface area contributed by atoms with Crippen molar-refractivity contribution in [1.82, 2.24) is 25.0 Å². The Balaban J connectivity index is 1.52. The van der Waals surface area contributed by atoms with E-state index in [1.165, 1.54) is 0 Å². The Kier molecular flexibility index (Phi) is 6.53. The number of alkyl halides is 3. The zero-order valence-electron chi connectivity index (χ0n) is 16.0. The van der Waals surface area contributed by atoms with E-state index in [-0.39, 0.29) is 0 Å². The molecule has 0 bridgehead atoms. The zero-order valence-corrected chi connectivity index (χ0v) is 16.8. The van der Waals surface area contributed by atoms with Gasteiger partial charge in [-0.05, 0) is 12.1 Å². The van der Waals surface area contributed by atoms with Gasteiger partial charge < -0.3 is 10.2 Å². The van der Waals surface area contributed by atoms with Crippen LogP contribution in [0.25, 0.3) is 5.69 Å². The molecular formula is C19H21F3N6S. The van der Waals surface area contributed by atoms with Crippen molar-refractivity contribution in [3.63, 3.8) is 0 Å². The molecule has 0 fully saturated rings. The van der Waals surface area contributed by atoms with Gasteiger partial charge in [0.05, 0.1) is 16.9 Å². The summed E-state index contributed by atoms with van der Waals surface area (Å²) in [6.45, 7) is 1.02. The molecule has 3 rings (SSSR count). The molecule has 0 saturated heterocycles. The second-order valence-corrected chi connectivity index (χ2v) is 7.28. The lowest BCUT2D eigenvalue weighted by molar-refractivity contribution is -0.140. The van der Waals surface area contributed by atoms with Gasteiger partial charge in [-0.2, -0.15) is 18.3 Å². The molecule has 3 aromatic rings. The number of hydrogen-bond donors (Lipinski definition) is 1. The Hall–Kier alpha value is -2.88. The van der Waals surface area contributed by atoms with Crippen molar-refractivity contribution in [2.24, 2.45) is 4.99 Å². The number of thiazole rings is 1. The number of aliphatic imine (C=N–C) groups is 1. The molecule has 1 N–H and O–H groups in total. The first kappa shape index (κ1) is 20.8. The molecule has 0 aliphatic heterocycles. The molecule has 10 heteroatoms. The van der Waals surface area contributed by atoms with E-state index in [2.05, 4.69) is 20.4 Å². The number of para-hydroxylation sites is 1. The fourth-order valence-corrected chi connectivity index (χ4v) is 3.54. The second kappa shape index (κ2) is 9.08. The summed E-state index contributed by atoms with van der Waals surface area (Å²) in [5.41, 5.74) is 1.15. The molecule has 0 atom stereocenters. The summed E-state index contributed by atoms with van der Waals surface area (Å²) in [5, 5.41) is 9.02. The summed E-state index contributed by atoms with van der Waals surface area (Å²) < 4.78 is 39.7. The van der Waals surface area contributed by atoms with Crippen LogP contribution in [0.3, 0.4) is 0 Å². The molecule has 0 saturated carbocycles. The Morgan fingerprint density at radius 1 is 1.28 bits per heavy atom. The van der Waals surface area contributed by atoms with E-state index in [0.717, 1.165) is 28.0 Å². The summed E-state index contributed by atoms with van der Waals surface area (Å²) in [6, 6.07) is 9.81. The van der Waals surface area contributed by atoms with E-state index < -0.39 is 11.9 Å². The molecule has 1 aromatic carbocycles. The summed E-state index contributed by atoms with van der Waals surface area (Å²) >= 11 is 1.01. The fraction of sp³-hybridized carbons (Fsp3) is 0.316. The van der Waals surface area contributed by atoms with Crippen molar-refractivity contribution in [2.45, 2.75) is 19.1 Å². The lowest BCUT2D eigenvalue weighted by atomic mass is 10.3. The van der Waals surface area contributed by atoms with E-state index in [1.807, 2.05) is 48.5 Å². The van der Waals surface area contributed by atoms with Gasteiger partial charge in [-0.3, -0.25) is 4.99 Å². The van der Waals surface area contributed by atoms with Crippen molar-refractivity contribution in [3.05, 3.63) is 64.4 Å². The van der Waals surface area contributed by atoms with Gasteiger partial charge in [0.15, 0.2) is 11.7 Å². The molecule has 0 aliphatic rings. The molecule has 0 aliphatic carbocycles. The van der Waals surface area contributed by atoms with Crippen molar-refractivity contribution in [2.75, 3.05) is 20.6 Å². The first-order valence-electron chi connectivity index (χ1n) is 8.89. The average molecular weight is 422 g/mol. The first-order chi connectivity index (χ1) is 13.9. The zero-order chi connectivity index (χ0) is 20.9. The number of halogens is 3. The van der Waals surface area contributed by atoms with Crippen molar-refractivity contribution >= 4 is 17.3 Å². The maximum atomic E-state index is 12.6. The van der Waals surface area contributed by atoms with Crippen LogP contribution in [0, 0.1) is 0 Å². The predicted molar refractivity (Wildman–Crippen MR) is 107 cm³/mol. The molecule has 0 spiro atoms. The van der Waals surface area contributed by atoms with Gasteiger partial charge in [-0.1, -0.05) is 18.2 Å². The van der Waals surface area contributed by atoms with E-state index in [0.29, 0.717) is 30.5 Å². The molecule has 2 aromatic heterocycles. The van der Waals surface area contributed by atoms with E-state index in [4.69, 9.17) is 0 Å². The molecule has 0 amide bonds. The molecule has 0 radical (unpaired) electrons. The molecule has 29 heavy (non-hydrogen) atoms. The van der Waals surface area contributed by atoms with Crippen LogP contribution in [-0.2, 0) is 19.1 Å². The van der Waals surface area contributed by atoms with Gasteiger partial charge in [0, 0.05) is 50.7 Å². The number of nitrogens with one attached hydrogen (secondary N) is 1. The molecule has 0 unspecified atom stereocenters. The van der Waals surface area contributed by atoms with Crippen LogP contribution in [0.2, 0.25) is 0 Å². The predicted octanol–water partition coefficient (Wildman–Crippen LogP) is 3.60. The van der Waals surface area contributed by atoms with Crippen LogP contribution < -0.4 is 5.32 Å². The second-order valence-electron chi connectivity index (χ2n) is 6.33. The Morgan fingerprint density at radius 2 is 2.03 bits per heavy atom.